The van der Waals surface area contributed by atoms with Crippen molar-refractivity contribution in [3.63, 3.8) is 0 Å². The molecule has 0 aliphatic heterocycles. The van der Waals surface area contributed by atoms with Gasteiger partial charge in [-0.2, -0.15) is 0 Å². The van der Waals surface area contributed by atoms with Crippen LogP contribution in [0.25, 0.3) is 0 Å². The first-order chi connectivity index (χ1) is 9.88. The molecule has 1 N–H and O–H groups in total. The first-order valence-corrected chi connectivity index (χ1v) is 7.00. The molecule has 1 amide bonds. The van der Waals surface area contributed by atoms with Crippen LogP contribution >= 0.6 is 15.9 Å². The molecule has 0 aromatic heterocycles. The molecule has 0 aliphatic carbocycles. The zero-order valence-corrected chi connectivity index (χ0v) is 13.1. The summed E-state index contributed by atoms with van der Waals surface area (Å²) in [6, 6.07) is 9.92. The van der Waals surface area contributed by atoms with Crippen molar-refractivity contribution in [1.29, 1.82) is 0 Å². The number of nitro groups is 1. The predicted octanol–water partition coefficient (Wildman–Crippen LogP) is 4.23. The van der Waals surface area contributed by atoms with Gasteiger partial charge in [-0.1, -0.05) is 22.0 Å². The first-order valence-electron chi connectivity index (χ1n) is 6.21. The minimum absolute atomic E-state index is 0.0189. The highest BCUT2D eigenvalue weighted by atomic mass is 79.9. The molecule has 0 atom stereocenters. The number of rotatable bonds is 3. The number of amides is 1. The smallest absolute Gasteiger partial charge is 0.270 e. The highest BCUT2D eigenvalue weighted by molar-refractivity contribution is 9.10. The van der Waals surface area contributed by atoms with E-state index < -0.39 is 4.92 Å². The molecule has 21 heavy (non-hydrogen) atoms. The summed E-state index contributed by atoms with van der Waals surface area (Å²) >= 11 is 3.32. The Kier molecular flexibility index (Phi) is 4.37. The van der Waals surface area contributed by atoms with Gasteiger partial charge in [-0.3, -0.25) is 14.9 Å². The lowest BCUT2D eigenvalue weighted by molar-refractivity contribution is -0.384. The highest BCUT2D eigenvalue weighted by Gasteiger charge is 2.14. The number of nitrogens with zero attached hydrogens (tertiary/aromatic N) is 1. The second-order valence-electron chi connectivity index (χ2n) is 4.68. The molecule has 2 aromatic rings. The molecule has 0 fully saturated rings. The van der Waals surface area contributed by atoms with Gasteiger partial charge in [0.05, 0.1) is 4.92 Å². The van der Waals surface area contributed by atoms with Gasteiger partial charge in [0.15, 0.2) is 0 Å². The molecule has 0 unspecified atom stereocenters. The van der Waals surface area contributed by atoms with Crippen molar-refractivity contribution >= 4 is 33.2 Å². The average molecular weight is 349 g/mol. The van der Waals surface area contributed by atoms with Gasteiger partial charge in [0.1, 0.15) is 0 Å². The number of anilines is 1. The third-order valence-electron chi connectivity index (χ3n) is 3.05. The van der Waals surface area contributed by atoms with E-state index in [1.54, 1.807) is 32.0 Å². The van der Waals surface area contributed by atoms with Crippen molar-refractivity contribution in [3.05, 3.63) is 67.7 Å². The van der Waals surface area contributed by atoms with Gasteiger partial charge >= 0.3 is 0 Å². The van der Waals surface area contributed by atoms with E-state index in [2.05, 4.69) is 21.2 Å². The fourth-order valence-corrected chi connectivity index (χ4v) is 2.46. The lowest BCUT2D eigenvalue weighted by Crippen LogP contribution is -2.14. The summed E-state index contributed by atoms with van der Waals surface area (Å²) in [4.78, 5) is 22.6. The zero-order chi connectivity index (χ0) is 15.6. The Labute approximate surface area is 130 Å². The molecule has 2 rings (SSSR count). The normalized spacial score (nSPS) is 10.2. The van der Waals surface area contributed by atoms with Crippen LogP contribution in [0.3, 0.4) is 0 Å². The Morgan fingerprint density at radius 2 is 1.81 bits per heavy atom. The van der Waals surface area contributed by atoms with E-state index in [-0.39, 0.29) is 11.6 Å². The van der Waals surface area contributed by atoms with Crippen LogP contribution in [0.5, 0.6) is 0 Å². The van der Waals surface area contributed by atoms with Crippen molar-refractivity contribution in [2.75, 3.05) is 5.32 Å². The topological polar surface area (TPSA) is 72.2 Å². The Hall–Kier alpha value is -2.21. The standard InChI is InChI=1S/C15H13BrN2O3/c1-9-6-13(18(20)21)7-10(2)14(9)17-15(19)11-4-3-5-12(16)8-11/h3-8H,1-2H3,(H,17,19). The third kappa shape index (κ3) is 3.46. The highest BCUT2D eigenvalue weighted by Crippen LogP contribution is 2.26. The maximum atomic E-state index is 12.2. The average Bonchev–Trinajstić information content (AvgIpc) is 2.42. The number of non-ortho nitro benzene ring substituents is 1. The van der Waals surface area contributed by atoms with Crippen LogP contribution in [0.4, 0.5) is 11.4 Å². The molecule has 0 spiro atoms. The molecule has 2 aromatic carbocycles. The van der Waals surface area contributed by atoms with E-state index in [0.717, 1.165) is 4.47 Å². The summed E-state index contributed by atoms with van der Waals surface area (Å²) in [6.07, 6.45) is 0. The van der Waals surface area contributed by atoms with E-state index in [4.69, 9.17) is 0 Å². The number of nitro benzene ring substituents is 1. The summed E-state index contributed by atoms with van der Waals surface area (Å²) in [6.45, 7) is 3.47. The van der Waals surface area contributed by atoms with Gasteiger partial charge in [0, 0.05) is 27.9 Å². The SMILES string of the molecule is Cc1cc([N+](=O)[O-])cc(C)c1NC(=O)c1cccc(Br)c1. The number of carbonyl (C=O) groups excluding carboxylic acids is 1. The van der Waals surface area contributed by atoms with Crippen LogP contribution in [-0.2, 0) is 0 Å². The number of halogens is 1. The Morgan fingerprint density at radius 1 is 1.19 bits per heavy atom. The molecule has 5 nitrogen and oxygen atoms in total. The first kappa shape index (κ1) is 15.2. The van der Waals surface area contributed by atoms with Crippen molar-refractivity contribution in [2.24, 2.45) is 0 Å². The lowest BCUT2D eigenvalue weighted by atomic mass is 10.1. The summed E-state index contributed by atoms with van der Waals surface area (Å²) in [5.41, 5.74) is 2.45. The maximum Gasteiger partial charge on any atom is 0.270 e. The Balaban J connectivity index is 2.32. The van der Waals surface area contributed by atoms with Crippen LogP contribution in [0.2, 0.25) is 0 Å². The van der Waals surface area contributed by atoms with E-state index in [9.17, 15) is 14.9 Å². The van der Waals surface area contributed by atoms with Crippen LogP contribution in [0.15, 0.2) is 40.9 Å². The molecule has 108 valence electrons. The minimum Gasteiger partial charge on any atom is -0.321 e. The largest absolute Gasteiger partial charge is 0.321 e. The molecule has 0 saturated heterocycles. The molecule has 6 heteroatoms. The predicted molar refractivity (Wildman–Crippen MR) is 84.7 cm³/mol. The molecule has 0 aliphatic rings. The van der Waals surface area contributed by atoms with Gasteiger partial charge in [0.25, 0.3) is 11.6 Å². The van der Waals surface area contributed by atoms with Crippen molar-refractivity contribution in [3.8, 4) is 0 Å². The van der Waals surface area contributed by atoms with Crippen molar-refractivity contribution in [2.45, 2.75) is 13.8 Å². The number of hydrogen-bond acceptors (Lipinski definition) is 3. The van der Waals surface area contributed by atoms with Gasteiger partial charge in [-0.15, -0.1) is 0 Å². The van der Waals surface area contributed by atoms with E-state index in [1.807, 2.05) is 6.07 Å². The Bertz CT molecular complexity index is 706. The molecular weight excluding hydrogens is 336 g/mol. The molecule has 0 heterocycles. The van der Waals surface area contributed by atoms with Gasteiger partial charge in [-0.25, -0.2) is 0 Å². The van der Waals surface area contributed by atoms with Crippen molar-refractivity contribution < 1.29 is 9.72 Å². The minimum atomic E-state index is -0.445. The maximum absolute atomic E-state index is 12.2. The fraction of sp³-hybridized carbons (Fsp3) is 0.133. The molecule has 0 bridgehead atoms. The zero-order valence-electron chi connectivity index (χ0n) is 11.5. The summed E-state index contributed by atoms with van der Waals surface area (Å²) in [7, 11) is 0. The number of nitrogens with one attached hydrogen (secondary N) is 1. The second kappa shape index (κ2) is 6.05. The summed E-state index contributed by atoms with van der Waals surface area (Å²) < 4.78 is 0.812. The summed E-state index contributed by atoms with van der Waals surface area (Å²) in [5, 5.41) is 13.6. The van der Waals surface area contributed by atoms with E-state index in [0.29, 0.717) is 22.4 Å². The van der Waals surface area contributed by atoms with Gasteiger partial charge in [0.2, 0.25) is 0 Å². The lowest BCUT2D eigenvalue weighted by Gasteiger charge is -2.11. The van der Waals surface area contributed by atoms with Crippen LogP contribution in [-0.4, -0.2) is 10.8 Å². The number of carbonyl (C=O) groups is 1. The van der Waals surface area contributed by atoms with Crippen LogP contribution in [0, 0.1) is 24.0 Å². The van der Waals surface area contributed by atoms with Gasteiger partial charge in [-0.05, 0) is 43.2 Å². The fourth-order valence-electron chi connectivity index (χ4n) is 2.06. The molecule has 0 saturated carbocycles. The number of benzene rings is 2. The van der Waals surface area contributed by atoms with Crippen molar-refractivity contribution in [1.82, 2.24) is 0 Å². The quantitative estimate of drug-likeness (QED) is 0.666. The third-order valence-corrected chi connectivity index (χ3v) is 3.55. The second-order valence-corrected chi connectivity index (χ2v) is 5.59. The number of hydrogen-bond donors (Lipinski definition) is 1. The van der Waals surface area contributed by atoms with E-state index in [1.165, 1.54) is 12.1 Å². The monoisotopic (exact) mass is 348 g/mol. The van der Waals surface area contributed by atoms with Crippen LogP contribution in [0.1, 0.15) is 21.5 Å². The number of aryl methyl sites for hydroxylation is 2. The molecular formula is C15H13BrN2O3. The Morgan fingerprint density at radius 3 is 2.33 bits per heavy atom. The summed E-state index contributed by atoms with van der Waals surface area (Å²) in [5.74, 6) is -0.253. The van der Waals surface area contributed by atoms with E-state index >= 15 is 0 Å². The molecule has 0 radical (unpaired) electrons. The van der Waals surface area contributed by atoms with Gasteiger partial charge < -0.3 is 5.32 Å². The van der Waals surface area contributed by atoms with Crippen LogP contribution < -0.4 is 5.32 Å².